The molecule has 1 fully saturated rings. The molecule has 0 radical (unpaired) electrons. The van der Waals surface area contributed by atoms with Gasteiger partial charge in [0.25, 0.3) is 0 Å². The van der Waals surface area contributed by atoms with Crippen LogP contribution >= 0.6 is 11.6 Å². The Balaban J connectivity index is 2.01. The highest BCUT2D eigenvalue weighted by Crippen LogP contribution is 2.29. The number of hydrogen-bond acceptors (Lipinski definition) is 3. The fourth-order valence-corrected chi connectivity index (χ4v) is 2.47. The van der Waals surface area contributed by atoms with Crippen LogP contribution in [0.3, 0.4) is 0 Å². The topological polar surface area (TPSA) is 50.4 Å². The summed E-state index contributed by atoms with van der Waals surface area (Å²) >= 11 is 5.69. The summed E-state index contributed by atoms with van der Waals surface area (Å²) in [7, 11) is 0. The third-order valence-electron chi connectivity index (χ3n) is 3.42. The van der Waals surface area contributed by atoms with E-state index < -0.39 is 12.1 Å². The predicted molar refractivity (Wildman–Crippen MR) is 75.6 cm³/mol. The molecule has 2 N–H and O–H groups in total. The van der Waals surface area contributed by atoms with Gasteiger partial charge in [0.1, 0.15) is 5.75 Å². The zero-order valence-corrected chi connectivity index (χ0v) is 12.4. The van der Waals surface area contributed by atoms with Crippen molar-refractivity contribution in [2.75, 3.05) is 13.1 Å². The molecule has 4 nitrogen and oxygen atoms in total. The molecule has 0 unspecified atom stereocenters. The van der Waals surface area contributed by atoms with E-state index in [1.165, 1.54) is 12.1 Å². The zero-order chi connectivity index (χ0) is 16.2. The van der Waals surface area contributed by atoms with Gasteiger partial charge >= 0.3 is 6.36 Å². The molecule has 1 amide bonds. The Hall–Kier alpha value is -1.47. The minimum atomic E-state index is -4.81. The molecular formula is C14H16ClF3N2O2. The molecule has 1 saturated heterocycles. The molecule has 0 bridgehead atoms. The van der Waals surface area contributed by atoms with Gasteiger partial charge in [0.05, 0.1) is 0 Å². The van der Waals surface area contributed by atoms with E-state index in [0.717, 1.165) is 32.0 Å². The number of piperidine rings is 1. The van der Waals surface area contributed by atoms with Gasteiger partial charge in [0, 0.05) is 23.0 Å². The van der Waals surface area contributed by atoms with Crippen molar-refractivity contribution < 1.29 is 22.7 Å². The SMILES string of the molecule is O=C(NCc1ccc(Cl)cc1OC(F)(F)F)C1CCNCC1. The van der Waals surface area contributed by atoms with Crippen molar-refractivity contribution in [1.82, 2.24) is 10.6 Å². The number of rotatable bonds is 4. The van der Waals surface area contributed by atoms with Crippen molar-refractivity contribution in [2.24, 2.45) is 5.92 Å². The maximum atomic E-state index is 12.4. The maximum absolute atomic E-state index is 12.4. The Morgan fingerprint density at radius 3 is 2.68 bits per heavy atom. The van der Waals surface area contributed by atoms with Crippen LogP contribution < -0.4 is 15.4 Å². The summed E-state index contributed by atoms with van der Waals surface area (Å²) in [6.07, 6.45) is -3.37. The highest BCUT2D eigenvalue weighted by molar-refractivity contribution is 6.30. The van der Waals surface area contributed by atoms with E-state index in [-0.39, 0.29) is 29.0 Å². The summed E-state index contributed by atoms with van der Waals surface area (Å²) in [6, 6.07) is 3.95. The van der Waals surface area contributed by atoms with E-state index in [1.54, 1.807) is 0 Å². The van der Waals surface area contributed by atoms with Crippen LogP contribution in [0.1, 0.15) is 18.4 Å². The molecule has 2 rings (SSSR count). The third kappa shape index (κ3) is 5.06. The normalized spacial score (nSPS) is 16.4. The number of nitrogens with one attached hydrogen (secondary N) is 2. The molecule has 1 aromatic rings. The summed E-state index contributed by atoms with van der Waals surface area (Å²) in [4.78, 5) is 12.0. The van der Waals surface area contributed by atoms with Gasteiger partial charge in [-0.3, -0.25) is 4.79 Å². The van der Waals surface area contributed by atoms with Crippen LogP contribution in [0.5, 0.6) is 5.75 Å². The van der Waals surface area contributed by atoms with Gasteiger partial charge in [-0.2, -0.15) is 0 Å². The van der Waals surface area contributed by atoms with Gasteiger partial charge in [0.15, 0.2) is 0 Å². The third-order valence-corrected chi connectivity index (χ3v) is 3.65. The van der Waals surface area contributed by atoms with Crippen molar-refractivity contribution in [1.29, 1.82) is 0 Å². The standard InChI is InChI=1S/C14H16ClF3N2O2/c15-11-2-1-10(12(7-11)22-14(16,17)18)8-20-13(21)9-3-5-19-6-4-9/h1-2,7,9,19H,3-6,8H2,(H,20,21). The molecule has 122 valence electrons. The van der Waals surface area contributed by atoms with Gasteiger partial charge in [-0.25, -0.2) is 0 Å². The highest BCUT2D eigenvalue weighted by atomic mass is 35.5. The van der Waals surface area contributed by atoms with E-state index >= 15 is 0 Å². The average Bonchev–Trinajstić information content (AvgIpc) is 2.45. The number of alkyl halides is 3. The lowest BCUT2D eigenvalue weighted by molar-refractivity contribution is -0.274. The van der Waals surface area contributed by atoms with Crippen molar-refractivity contribution in [3.05, 3.63) is 28.8 Å². The minimum Gasteiger partial charge on any atom is -0.405 e. The van der Waals surface area contributed by atoms with Crippen LogP contribution in [0, 0.1) is 5.92 Å². The molecule has 8 heteroatoms. The molecule has 1 aromatic carbocycles. The van der Waals surface area contributed by atoms with Crippen molar-refractivity contribution >= 4 is 17.5 Å². The number of benzene rings is 1. The van der Waals surface area contributed by atoms with Crippen molar-refractivity contribution in [3.63, 3.8) is 0 Å². The molecule has 1 aliphatic rings. The van der Waals surface area contributed by atoms with Gasteiger partial charge in [-0.15, -0.1) is 13.2 Å². The van der Waals surface area contributed by atoms with E-state index in [1.807, 2.05) is 0 Å². The van der Waals surface area contributed by atoms with E-state index in [0.29, 0.717) is 0 Å². The minimum absolute atomic E-state index is 0.0364. The summed E-state index contributed by atoms with van der Waals surface area (Å²) in [6.45, 7) is 1.49. The van der Waals surface area contributed by atoms with Crippen LogP contribution in [0.15, 0.2) is 18.2 Å². The van der Waals surface area contributed by atoms with E-state index in [4.69, 9.17) is 11.6 Å². The Kier molecular flexibility index (Phi) is 5.52. The first-order valence-electron chi connectivity index (χ1n) is 6.88. The number of halogens is 4. The summed E-state index contributed by atoms with van der Waals surface area (Å²) in [5.74, 6) is -0.666. The van der Waals surface area contributed by atoms with Gasteiger partial charge in [-0.05, 0) is 38.1 Å². The first-order valence-corrected chi connectivity index (χ1v) is 7.25. The fourth-order valence-electron chi connectivity index (χ4n) is 2.30. The Labute approximate surface area is 131 Å². The van der Waals surface area contributed by atoms with Crippen LogP contribution in [-0.4, -0.2) is 25.4 Å². The Bertz CT molecular complexity index is 531. The fraction of sp³-hybridized carbons (Fsp3) is 0.500. The van der Waals surface area contributed by atoms with Crippen LogP contribution in [0.4, 0.5) is 13.2 Å². The van der Waals surface area contributed by atoms with E-state index in [2.05, 4.69) is 15.4 Å². The lowest BCUT2D eigenvalue weighted by Gasteiger charge is -2.22. The molecule has 1 heterocycles. The Morgan fingerprint density at radius 2 is 2.05 bits per heavy atom. The molecule has 0 saturated carbocycles. The van der Waals surface area contributed by atoms with Gasteiger partial charge in [-0.1, -0.05) is 17.7 Å². The van der Waals surface area contributed by atoms with Crippen LogP contribution in [0.2, 0.25) is 5.02 Å². The monoisotopic (exact) mass is 336 g/mol. The second kappa shape index (κ2) is 7.19. The lowest BCUT2D eigenvalue weighted by atomic mass is 9.97. The first-order chi connectivity index (χ1) is 10.3. The highest BCUT2D eigenvalue weighted by Gasteiger charge is 2.32. The number of amides is 1. The second-order valence-corrected chi connectivity index (χ2v) is 5.48. The molecule has 0 spiro atoms. The number of ether oxygens (including phenoxy) is 1. The van der Waals surface area contributed by atoms with Crippen LogP contribution in [-0.2, 0) is 11.3 Å². The molecule has 22 heavy (non-hydrogen) atoms. The summed E-state index contributed by atoms with van der Waals surface area (Å²) < 4.78 is 41.1. The van der Waals surface area contributed by atoms with Gasteiger partial charge in [0.2, 0.25) is 5.91 Å². The Morgan fingerprint density at radius 1 is 1.36 bits per heavy atom. The smallest absolute Gasteiger partial charge is 0.405 e. The molecule has 0 aliphatic carbocycles. The average molecular weight is 337 g/mol. The summed E-state index contributed by atoms with van der Waals surface area (Å²) in [5, 5.41) is 5.93. The predicted octanol–water partition coefficient (Wildman–Crippen LogP) is 2.85. The molecule has 0 aromatic heterocycles. The van der Waals surface area contributed by atoms with E-state index in [9.17, 15) is 18.0 Å². The zero-order valence-electron chi connectivity index (χ0n) is 11.7. The quantitative estimate of drug-likeness (QED) is 0.889. The van der Waals surface area contributed by atoms with Crippen LogP contribution in [0.25, 0.3) is 0 Å². The second-order valence-electron chi connectivity index (χ2n) is 5.04. The van der Waals surface area contributed by atoms with Crippen molar-refractivity contribution in [2.45, 2.75) is 25.7 Å². The lowest BCUT2D eigenvalue weighted by Crippen LogP contribution is -2.38. The molecular weight excluding hydrogens is 321 g/mol. The van der Waals surface area contributed by atoms with Gasteiger partial charge < -0.3 is 15.4 Å². The molecule has 1 aliphatic heterocycles. The maximum Gasteiger partial charge on any atom is 0.573 e. The summed E-state index contributed by atoms with van der Waals surface area (Å²) in [5.41, 5.74) is 0.226. The number of carbonyl (C=O) groups is 1. The first kappa shape index (κ1) is 16.9. The molecule has 0 atom stereocenters. The number of hydrogen-bond donors (Lipinski definition) is 2. The van der Waals surface area contributed by atoms with Crippen molar-refractivity contribution in [3.8, 4) is 5.75 Å². The number of carbonyl (C=O) groups excluding carboxylic acids is 1. The largest absolute Gasteiger partial charge is 0.573 e.